The summed E-state index contributed by atoms with van der Waals surface area (Å²) in [4.78, 5) is 4.72. The van der Waals surface area contributed by atoms with Crippen molar-refractivity contribution in [3.8, 4) is 0 Å². The van der Waals surface area contributed by atoms with Gasteiger partial charge in [-0.15, -0.1) is 24.0 Å². The van der Waals surface area contributed by atoms with E-state index in [1.54, 1.807) is 6.07 Å². The smallest absolute Gasteiger partial charge is 0.191 e. The second-order valence-corrected chi connectivity index (χ2v) is 8.24. The molecule has 8 heteroatoms. The van der Waals surface area contributed by atoms with Gasteiger partial charge in [-0.2, -0.15) is 0 Å². The van der Waals surface area contributed by atoms with Crippen LogP contribution in [0.2, 0.25) is 5.02 Å². The van der Waals surface area contributed by atoms with Gasteiger partial charge in [0.25, 0.3) is 0 Å². The molecule has 0 aromatic heterocycles. The van der Waals surface area contributed by atoms with Gasteiger partial charge in [-0.25, -0.2) is 4.39 Å². The zero-order valence-electron chi connectivity index (χ0n) is 16.9. The van der Waals surface area contributed by atoms with Crippen molar-refractivity contribution < 1.29 is 14.2 Å². The van der Waals surface area contributed by atoms with Gasteiger partial charge in [0.05, 0.1) is 13.2 Å². The summed E-state index contributed by atoms with van der Waals surface area (Å²) in [5, 5.41) is 16.4. The lowest BCUT2D eigenvalue weighted by Gasteiger charge is -2.28. The molecule has 0 bridgehead atoms. The fourth-order valence-corrected chi connectivity index (χ4v) is 3.75. The molecular weight excluding hydrogens is 496 g/mol. The van der Waals surface area contributed by atoms with Gasteiger partial charge in [-0.05, 0) is 37.5 Å². The first kappa shape index (κ1) is 25.4. The Morgan fingerprint density at radius 2 is 2.14 bits per heavy atom. The lowest BCUT2D eigenvalue weighted by molar-refractivity contribution is 0.127. The molecule has 1 heterocycles. The molecule has 0 spiro atoms. The molecule has 160 valence electrons. The quantitative estimate of drug-likeness (QED) is 0.274. The Balaban J connectivity index is 0.00000392. The van der Waals surface area contributed by atoms with Crippen molar-refractivity contribution in [2.45, 2.75) is 39.0 Å². The zero-order valence-corrected chi connectivity index (χ0v) is 19.9. The summed E-state index contributed by atoms with van der Waals surface area (Å²) in [6.45, 7) is 9.55. The van der Waals surface area contributed by atoms with Crippen LogP contribution in [0.25, 0.3) is 0 Å². The van der Waals surface area contributed by atoms with Gasteiger partial charge in [0, 0.05) is 42.2 Å². The number of benzene rings is 1. The Morgan fingerprint density at radius 3 is 2.71 bits per heavy atom. The van der Waals surface area contributed by atoms with Crippen molar-refractivity contribution >= 4 is 41.5 Å². The van der Waals surface area contributed by atoms with E-state index >= 15 is 0 Å². The van der Waals surface area contributed by atoms with Crippen LogP contribution in [0.1, 0.15) is 39.2 Å². The molecule has 1 aliphatic rings. The van der Waals surface area contributed by atoms with E-state index in [9.17, 15) is 9.50 Å². The van der Waals surface area contributed by atoms with Crippen LogP contribution in [0.5, 0.6) is 0 Å². The largest absolute Gasteiger partial charge is 0.396 e. The molecule has 0 aliphatic carbocycles. The molecule has 1 unspecified atom stereocenters. The Labute approximate surface area is 189 Å². The number of hydrogen-bond acceptors (Lipinski definition) is 3. The zero-order chi connectivity index (χ0) is 19.9. The predicted molar refractivity (Wildman–Crippen MR) is 123 cm³/mol. The molecule has 28 heavy (non-hydrogen) atoms. The first-order valence-electron chi connectivity index (χ1n) is 9.48. The van der Waals surface area contributed by atoms with Crippen LogP contribution in [0.3, 0.4) is 0 Å². The molecule has 1 aromatic rings. The Kier molecular flexibility index (Phi) is 10.4. The molecule has 0 saturated carbocycles. The van der Waals surface area contributed by atoms with E-state index in [1.807, 2.05) is 20.8 Å². The Morgan fingerprint density at radius 1 is 1.39 bits per heavy atom. The van der Waals surface area contributed by atoms with E-state index in [1.165, 1.54) is 12.1 Å². The van der Waals surface area contributed by atoms with Crippen LogP contribution >= 0.6 is 35.6 Å². The van der Waals surface area contributed by atoms with Crippen LogP contribution in [0, 0.1) is 11.2 Å². The normalized spacial score (nSPS) is 20.0. The van der Waals surface area contributed by atoms with E-state index < -0.39 is 0 Å². The minimum Gasteiger partial charge on any atom is -0.396 e. The summed E-state index contributed by atoms with van der Waals surface area (Å²) in [6, 6.07) is 4.49. The maximum atomic E-state index is 13.3. The summed E-state index contributed by atoms with van der Waals surface area (Å²) in [6.07, 6.45) is 1.63. The number of ether oxygens (including phenoxy) is 1. The molecule has 1 aromatic carbocycles. The highest BCUT2D eigenvalue weighted by Gasteiger charge is 2.34. The fourth-order valence-electron chi connectivity index (χ4n) is 3.32. The minimum atomic E-state index is -0.342. The van der Waals surface area contributed by atoms with Crippen molar-refractivity contribution in [3.63, 3.8) is 0 Å². The van der Waals surface area contributed by atoms with Crippen LogP contribution in [0.15, 0.2) is 23.2 Å². The summed E-state index contributed by atoms with van der Waals surface area (Å²) in [7, 11) is 0. The van der Waals surface area contributed by atoms with Crippen LogP contribution in [-0.4, -0.2) is 50.5 Å². The van der Waals surface area contributed by atoms with Gasteiger partial charge < -0.3 is 20.5 Å². The maximum Gasteiger partial charge on any atom is 0.191 e. The van der Waals surface area contributed by atoms with Crippen LogP contribution < -0.4 is 10.6 Å². The van der Waals surface area contributed by atoms with Crippen molar-refractivity contribution in [2.75, 3.05) is 39.5 Å². The summed E-state index contributed by atoms with van der Waals surface area (Å²) in [5.41, 5.74) is 0.471. The van der Waals surface area contributed by atoms with Crippen molar-refractivity contribution in [2.24, 2.45) is 10.4 Å². The highest BCUT2D eigenvalue weighted by molar-refractivity contribution is 14.0. The van der Waals surface area contributed by atoms with Gasteiger partial charge in [0.2, 0.25) is 0 Å². The van der Waals surface area contributed by atoms with Crippen molar-refractivity contribution in [1.29, 1.82) is 0 Å². The SMILES string of the molecule is CCNC(=NCC(C)(C)c1ccc(F)cc1Cl)NCC1(CCO)CCOC1.I. The minimum absolute atomic E-state index is 0. The van der Waals surface area contributed by atoms with Crippen molar-refractivity contribution in [1.82, 2.24) is 10.6 Å². The summed E-state index contributed by atoms with van der Waals surface area (Å²) >= 11 is 6.23. The molecule has 3 N–H and O–H groups in total. The molecule has 1 atom stereocenters. The summed E-state index contributed by atoms with van der Waals surface area (Å²) in [5.74, 6) is 0.374. The Bertz CT molecular complexity index is 652. The van der Waals surface area contributed by atoms with Crippen LogP contribution in [-0.2, 0) is 10.2 Å². The molecule has 1 aliphatic heterocycles. The molecule has 1 saturated heterocycles. The first-order valence-corrected chi connectivity index (χ1v) is 9.86. The number of hydrogen-bond donors (Lipinski definition) is 3. The number of nitrogens with zero attached hydrogens (tertiary/aromatic N) is 1. The van der Waals surface area contributed by atoms with Gasteiger partial charge in [-0.3, -0.25) is 4.99 Å². The number of guanidine groups is 1. The second-order valence-electron chi connectivity index (χ2n) is 7.83. The van der Waals surface area contributed by atoms with Gasteiger partial charge in [0.1, 0.15) is 5.82 Å². The Hall–Kier alpha value is -0.640. The van der Waals surface area contributed by atoms with E-state index in [0.717, 1.165) is 25.1 Å². The average Bonchev–Trinajstić information content (AvgIpc) is 3.06. The first-order chi connectivity index (χ1) is 12.8. The standard InChI is InChI=1S/C20H31ClFN3O2.HI/c1-4-23-18(25-13-20(7-9-26)8-10-27-14-20)24-12-19(2,3)16-6-5-15(22)11-17(16)21;/h5-6,11,26H,4,7-10,12-14H2,1-3H3,(H2,23,24,25);1H. The maximum absolute atomic E-state index is 13.3. The highest BCUT2D eigenvalue weighted by atomic mass is 127. The lowest BCUT2D eigenvalue weighted by atomic mass is 9.84. The number of rotatable bonds is 8. The van der Waals surface area contributed by atoms with Gasteiger partial charge >= 0.3 is 0 Å². The molecule has 2 rings (SSSR count). The molecular formula is C20H32ClFIN3O2. The average molecular weight is 528 g/mol. The number of nitrogens with one attached hydrogen (secondary N) is 2. The number of aliphatic hydroxyl groups excluding tert-OH is 1. The van der Waals surface area contributed by atoms with E-state index in [2.05, 4.69) is 10.6 Å². The van der Waals surface area contributed by atoms with Gasteiger partial charge in [0.15, 0.2) is 5.96 Å². The molecule has 1 fully saturated rings. The van der Waals surface area contributed by atoms with Gasteiger partial charge in [-0.1, -0.05) is 31.5 Å². The monoisotopic (exact) mass is 527 g/mol. The molecule has 5 nitrogen and oxygen atoms in total. The number of halogens is 3. The van der Waals surface area contributed by atoms with E-state index in [0.29, 0.717) is 37.1 Å². The molecule has 0 radical (unpaired) electrons. The number of aliphatic imine (C=N–C) groups is 1. The fraction of sp³-hybridized carbons (Fsp3) is 0.650. The van der Waals surface area contributed by atoms with E-state index in [-0.39, 0.29) is 47.2 Å². The molecule has 0 amide bonds. The second kappa shape index (κ2) is 11.5. The highest BCUT2D eigenvalue weighted by Crippen LogP contribution is 2.32. The topological polar surface area (TPSA) is 65.9 Å². The van der Waals surface area contributed by atoms with Crippen molar-refractivity contribution in [3.05, 3.63) is 34.6 Å². The third-order valence-electron chi connectivity index (χ3n) is 5.09. The number of aliphatic hydroxyl groups is 1. The summed E-state index contributed by atoms with van der Waals surface area (Å²) < 4.78 is 18.9. The predicted octanol–water partition coefficient (Wildman–Crippen LogP) is 3.72. The van der Waals surface area contributed by atoms with Crippen LogP contribution in [0.4, 0.5) is 4.39 Å². The van der Waals surface area contributed by atoms with E-state index in [4.69, 9.17) is 21.3 Å². The third-order valence-corrected chi connectivity index (χ3v) is 5.41. The third kappa shape index (κ3) is 7.00. The lowest BCUT2D eigenvalue weighted by Crippen LogP contribution is -2.45.